The number of Topliss-reactive ketones (excluding diaryl/α,β-unsaturated/α-hetero) is 1. The first-order chi connectivity index (χ1) is 16.4. The number of rotatable bonds is 6. The Hall–Kier alpha value is -2.81. The molecule has 2 aliphatic heterocycles. The Bertz CT molecular complexity index is 1240. The van der Waals surface area contributed by atoms with Gasteiger partial charge in [0.25, 0.3) is 0 Å². The van der Waals surface area contributed by atoms with Gasteiger partial charge in [0, 0.05) is 21.5 Å². The van der Waals surface area contributed by atoms with Gasteiger partial charge >= 0.3 is 0 Å². The number of likely N-dealkylation sites (tertiary alicyclic amines) is 1. The predicted octanol–water partition coefficient (Wildman–Crippen LogP) is 4.17. The number of nitrogens with two attached hydrogens (primary N) is 1. The smallest absolute Gasteiger partial charge is 0.249 e. The molecule has 2 aliphatic rings. The van der Waals surface area contributed by atoms with Crippen LogP contribution in [0, 0.1) is 0 Å². The Morgan fingerprint density at radius 1 is 1.18 bits per heavy atom. The van der Waals surface area contributed by atoms with Crippen LogP contribution in [0.2, 0.25) is 0 Å². The van der Waals surface area contributed by atoms with Crippen molar-refractivity contribution in [2.75, 3.05) is 13.2 Å². The topological polar surface area (TPSA) is 89.7 Å². The highest BCUT2D eigenvalue weighted by molar-refractivity contribution is 9.10. The van der Waals surface area contributed by atoms with Crippen molar-refractivity contribution in [1.29, 1.82) is 0 Å². The quantitative estimate of drug-likeness (QED) is 0.509. The summed E-state index contributed by atoms with van der Waals surface area (Å²) in [7, 11) is 0. The molecule has 3 heterocycles. The summed E-state index contributed by atoms with van der Waals surface area (Å²) >= 11 is 5.04. The molecule has 5 rings (SSSR count). The average molecular weight is 539 g/mol. The number of primary amides is 1. The van der Waals surface area contributed by atoms with Gasteiger partial charge in [-0.3, -0.25) is 14.4 Å². The Balaban J connectivity index is 1.60. The summed E-state index contributed by atoms with van der Waals surface area (Å²) in [5, 5.41) is 1.98. The van der Waals surface area contributed by atoms with E-state index in [0.29, 0.717) is 30.5 Å². The first-order valence-electron chi connectivity index (χ1n) is 11.1. The number of hydrogen-bond donors (Lipinski definition) is 1. The van der Waals surface area contributed by atoms with Gasteiger partial charge < -0.3 is 15.4 Å². The van der Waals surface area contributed by atoms with Crippen molar-refractivity contribution in [2.45, 2.75) is 30.9 Å². The van der Waals surface area contributed by atoms with Crippen LogP contribution in [0.4, 0.5) is 0 Å². The molecular weight excluding hydrogens is 516 g/mol. The lowest BCUT2D eigenvalue weighted by atomic mass is 9.85. The maximum Gasteiger partial charge on any atom is 0.249 e. The highest BCUT2D eigenvalue weighted by Crippen LogP contribution is 2.36. The van der Waals surface area contributed by atoms with Crippen LogP contribution in [0.5, 0.6) is 0 Å². The molecule has 2 saturated heterocycles. The average Bonchev–Trinajstić information content (AvgIpc) is 3.58. The molecule has 2 aromatic carbocycles. The van der Waals surface area contributed by atoms with E-state index in [2.05, 4.69) is 15.9 Å². The molecule has 2 N–H and O–H groups in total. The van der Waals surface area contributed by atoms with E-state index in [1.54, 1.807) is 22.3 Å². The van der Waals surface area contributed by atoms with Gasteiger partial charge in [0.1, 0.15) is 12.6 Å². The second kappa shape index (κ2) is 9.44. The lowest BCUT2D eigenvalue weighted by Gasteiger charge is -2.28. The summed E-state index contributed by atoms with van der Waals surface area (Å²) in [6, 6.07) is 16.6. The fraction of sp³-hybridized carbons (Fsp3) is 0.269. The highest BCUT2D eigenvalue weighted by atomic mass is 79.9. The van der Waals surface area contributed by atoms with E-state index in [1.807, 2.05) is 53.9 Å². The zero-order valence-electron chi connectivity index (χ0n) is 18.3. The molecule has 0 saturated carbocycles. The van der Waals surface area contributed by atoms with Gasteiger partial charge in [-0.05, 0) is 65.2 Å². The van der Waals surface area contributed by atoms with Crippen LogP contribution in [0.15, 0.2) is 64.5 Å². The van der Waals surface area contributed by atoms with Crippen molar-refractivity contribution in [2.24, 2.45) is 5.73 Å². The van der Waals surface area contributed by atoms with Crippen LogP contribution in [-0.2, 0) is 20.7 Å². The normalized spacial score (nSPS) is 20.4. The van der Waals surface area contributed by atoms with Gasteiger partial charge in [-0.25, -0.2) is 0 Å². The molecule has 3 aromatic rings. The van der Waals surface area contributed by atoms with Crippen LogP contribution >= 0.6 is 27.3 Å². The summed E-state index contributed by atoms with van der Waals surface area (Å²) in [5.74, 6) is -1.50. The van der Waals surface area contributed by atoms with E-state index in [0.717, 1.165) is 20.5 Å². The molecule has 6 nitrogen and oxygen atoms in total. The third kappa shape index (κ3) is 4.33. The molecule has 2 fully saturated rings. The SMILES string of the molecule is NC(=O)c1ccc(-c2cccs2)cc1C(Cc1ccc(Br)cc1)C(=O)N1CCC2OCC(=O)C21. The molecule has 1 aromatic heterocycles. The Morgan fingerprint density at radius 3 is 2.68 bits per heavy atom. The highest BCUT2D eigenvalue weighted by Gasteiger charge is 2.48. The van der Waals surface area contributed by atoms with E-state index < -0.39 is 17.9 Å². The fourth-order valence-corrected chi connectivity index (χ4v) is 5.89. The molecule has 8 heteroatoms. The minimum absolute atomic E-state index is 0.0386. The van der Waals surface area contributed by atoms with E-state index in [1.165, 1.54) is 0 Å². The third-order valence-corrected chi connectivity index (χ3v) is 7.99. The van der Waals surface area contributed by atoms with Crippen LogP contribution in [-0.4, -0.2) is 47.8 Å². The number of fused-ring (bicyclic) bond motifs is 1. The Kier molecular flexibility index (Phi) is 6.38. The molecular formula is C26H23BrN2O4S. The van der Waals surface area contributed by atoms with Gasteiger partial charge in [-0.1, -0.05) is 40.2 Å². The fourth-order valence-electron chi connectivity index (χ4n) is 4.90. The van der Waals surface area contributed by atoms with Crippen molar-refractivity contribution in [3.05, 3.63) is 81.1 Å². The number of ether oxygens (including phenoxy) is 1. The molecule has 2 amide bonds. The van der Waals surface area contributed by atoms with Gasteiger partial charge in [0.15, 0.2) is 5.78 Å². The second-order valence-electron chi connectivity index (χ2n) is 8.61. The van der Waals surface area contributed by atoms with Gasteiger partial charge in [-0.2, -0.15) is 0 Å². The zero-order valence-corrected chi connectivity index (χ0v) is 20.7. The van der Waals surface area contributed by atoms with Crippen LogP contribution in [0.25, 0.3) is 10.4 Å². The second-order valence-corrected chi connectivity index (χ2v) is 10.5. The lowest BCUT2D eigenvalue weighted by Crippen LogP contribution is -2.44. The van der Waals surface area contributed by atoms with Crippen molar-refractivity contribution < 1.29 is 19.1 Å². The van der Waals surface area contributed by atoms with Crippen molar-refractivity contribution in [1.82, 2.24) is 4.90 Å². The monoisotopic (exact) mass is 538 g/mol. The molecule has 0 bridgehead atoms. The maximum absolute atomic E-state index is 14.0. The summed E-state index contributed by atoms with van der Waals surface area (Å²) < 4.78 is 6.53. The van der Waals surface area contributed by atoms with E-state index in [-0.39, 0.29) is 24.4 Å². The van der Waals surface area contributed by atoms with Crippen LogP contribution in [0.1, 0.15) is 33.8 Å². The minimum Gasteiger partial charge on any atom is -0.368 e. The van der Waals surface area contributed by atoms with Crippen LogP contribution < -0.4 is 5.73 Å². The number of ketones is 1. The standard InChI is InChI=1S/C26H23BrN2O4S/c27-17-6-3-15(4-7-17)12-20(26(32)29-10-9-22-24(29)21(30)14-33-22)19-13-16(23-2-1-11-34-23)5-8-18(19)25(28)31/h1-8,11,13,20,22,24H,9-10,12,14H2,(H2,28,31). The van der Waals surface area contributed by atoms with Gasteiger partial charge in [0.05, 0.1) is 12.0 Å². The number of thiophene rings is 1. The molecule has 0 radical (unpaired) electrons. The van der Waals surface area contributed by atoms with Crippen LogP contribution in [0.3, 0.4) is 0 Å². The van der Waals surface area contributed by atoms with E-state index in [9.17, 15) is 14.4 Å². The maximum atomic E-state index is 14.0. The van der Waals surface area contributed by atoms with Gasteiger partial charge in [-0.15, -0.1) is 11.3 Å². The number of nitrogens with zero attached hydrogens (tertiary/aromatic N) is 1. The Labute approximate surface area is 209 Å². The molecule has 3 atom stereocenters. The first kappa shape index (κ1) is 23.0. The number of carbonyl (C=O) groups excluding carboxylic acids is 3. The molecule has 0 spiro atoms. The number of halogens is 1. The van der Waals surface area contributed by atoms with Gasteiger partial charge in [0.2, 0.25) is 11.8 Å². The summed E-state index contributed by atoms with van der Waals surface area (Å²) in [5.41, 5.74) is 8.53. The lowest BCUT2D eigenvalue weighted by molar-refractivity contribution is -0.137. The molecule has 0 aliphatic carbocycles. The first-order valence-corrected chi connectivity index (χ1v) is 12.8. The molecule has 34 heavy (non-hydrogen) atoms. The molecule has 3 unspecified atom stereocenters. The summed E-state index contributed by atoms with van der Waals surface area (Å²) in [6.07, 6.45) is 0.756. The number of hydrogen-bond acceptors (Lipinski definition) is 5. The summed E-state index contributed by atoms with van der Waals surface area (Å²) in [6.45, 7) is 0.490. The predicted molar refractivity (Wildman–Crippen MR) is 134 cm³/mol. The number of benzene rings is 2. The van der Waals surface area contributed by atoms with Crippen molar-refractivity contribution in [3.8, 4) is 10.4 Å². The van der Waals surface area contributed by atoms with Crippen molar-refractivity contribution in [3.63, 3.8) is 0 Å². The third-order valence-electron chi connectivity index (χ3n) is 6.54. The number of amides is 2. The van der Waals surface area contributed by atoms with E-state index in [4.69, 9.17) is 10.5 Å². The summed E-state index contributed by atoms with van der Waals surface area (Å²) in [4.78, 5) is 41.6. The largest absolute Gasteiger partial charge is 0.368 e. The molecule has 174 valence electrons. The van der Waals surface area contributed by atoms with Crippen molar-refractivity contribution >= 4 is 44.9 Å². The zero-order chi connectivity index (χ0) is 23.8. The minimum atomic E-state index is -0.671. The number of carbonyl (C=O) groups is 3. The Morgan fingerprint density at radius 2 is 1.97 bits per heavy atom. The van der Waals surface area contributed by atoms with E-state index >= 15 is 0 Å².